The number of sulfonamides is 1. The van der Waals surface area contributed by atoms with Crippen LogP contribution in [-0.4, -0.2) is 30.9 Å². The number of amides is 1. The summed E-state index contributed by atoms with van der Waals surface area (Å²) in [7, 11) is -4.33. The van der Waals surface area contributed by atoms with Gasteiger partial charge in [0.05, 0.1) is 11.4 Å². The maximum atomic E-state index is 14.1. The molecular weight excluding hydrogens is 428 g/mol. The lowest BCUT2D eigenvalue weighted by Gasteiger charge is -2.26. The number of allylic oxidation sites excluding steroid dienone is 2. The van der Waals surface area contributed by atoms with Crippen LogP contribution in [0.4, 0.5) is 14.6 Å². The van der Waals surface area contributed by atoms with Crippen molar-refractivity contribution in [3.63, 3.8) is 0 Å². The van der Waals surface area contributed by atoms with Crippen molar-refractivity contribution in [3.8, 4) is 0 Å². The number of aromatic nitrogens is 1. The number of carbonyl (C=O) groups excluding carboxylic acids is 1. The number of hydrazine groups is 1. The molecule has 0 unspecified atom stereocenters. The van der Waals surface area contributed by atoms with E-state index < -0.39 is 26.6 Å². The van der Waals surface area contributed by atoms with E-state index in [9.17, 15) is 22.0 Å². The molecule has 3 heterocycles. The number of nitrogens with zero attached hydrogens (tertiary/aromatic N) is 2. The van der Waals surface area contributed by atoms with Gasteiger partial charge in [-0.25, -0.2) is 27.6 Å². The number of rotatable bonds is 5. The summed E-state index contributed by atoms with van der Waals surface area (Å²) in [4.78, 5) is 14.7. The number of fused-ring (bicyclic) bond motifs is 1. The molecule has 2 aliphatic rings. The molecule has 8 nitrogen and oxygen atoms in total. The molecule has 1 aromatic heterocycles. The Morgan fingerprint density at radius 2 is 2.03 bits per heavy atom. The fraction of sp³-hybridized carbons (Fsp3) is 0.100. The number of nitrogens with one attached hydrogen (secondary N) is 3. The lowest BCUT2D eigenvalue weighted by Crippen LogP contribution is -2.34. The van der Waals surface area contributed by atoms with Gasteiger partial charge >= 0.3 is 0 Å². The number of benzene rings is 1. The summed E-state index contributed by atoms with van der Waals surface area (Å²) < 4.78 is 55.2. The molecule has 160 valence electrons. The molecule has 0 atom stereocenters. The Morgan fingerprint density at radius 3 is 2.77 bits per heavy atom. The second-order valence-corrected chi connectivity index (χ2v) is 8.41. The summed E-state index contributed by atoms with van der Waals surface area (Å²) in [6.45, 7) is 1.82. The molecule has 1 amide bonds. The van der Waals surface area contributed by atoms with Crippen LogP contribution in [0.3, 0.4) is 0 Å². The Balaban J connectivity index is 1.70. The van der Waals surface area contributed by atoms with E-state index in [2.05, 4.69) is 20.4 Å². The first kappa shape index (κ1) is 20.7. The number of carbonyl (C=O) groups is 1. The molecule has 1 aromatic carbocycles. The van der Waals surface area contributed by atoms with E-state index in [4.69, 9.17) is 0 Å². The van der Waals surface area contributed by atoms with Crippen molar-refractivity contribution in [2.45, 2.75) is 11.8 Å². The fourth-order valence-electron chi connectivity index (χ4n) is 3.18. The van der Waals surface area contributed by atoms with Gasteiger partial charge in [-0.1, -0.05) is 0 Å². The average molecular weight is 445 g/mol. The van der Waals surface area contributed by atoms with Gasteiger partial charge in [0.1, 0.15) is 22.3 Å². The van der Waals surface area contributed by atoms with Gasteiger partial charge in [0.15, 0.2) is 0 Å². The first-order valence-corrected chi connectivity index (χ1v) is 10.6. The summed E-state index contributed by atoms with van der Waals surface area (Å²) in [6.07, 6.45) is 6.61. The van der Waals surface area contributed by atoms with Gasteiger partial charge in [-0.05, 0) is 42.0 Å². The molecule has 0 bridgehead atoms. The Morgan fingerprint density at radius 1 is 1.23 bits per heavy atom. The highest BCUT2D eigenvalue weighted by Crippen LogP contribution is 2.30. The van der Waals surface area contributed by atoms with E-state index in [1.807, 2.05) is 0 Å². The Labute approximate surface area is 177 Å². The summed E-state index contributed by atoms with van der Waals surface area (Å²) in [5.41, 5.74) is 5.06. The van der Waals surface area contributed by atoms with Crippen molar-refractivity contribution < 1.29 is 22.0 Å². The third kappa shape index (κ3) is 4.32. The molecule has 0 radical (unpaired) electrons. The third-order valence-corrected chi connectivity index (χ3v) is 5.88. The normalized spacial score (nSPS) is 15.6. The molecule has 2 aliphatic heterocycles. The van der Waals surface area contributed by atoms with Crippen molar-refractivity contribution in [3.05, 3.63) is 83.5 Å². The molecule has 31 heavy (non-hydrogen) atoms. The molecule has 0 aliphatic carbocycles. The van der Waals surface area contributed by atoms with E-state index in [-0.39, 0.29) is 11.6 Å². The molecule has 0 spiro atoms. The van der Waals surface area contributed by atoms with Crippen LogP contribution in [0.2, 0.25) is 0 Å². The van der Waals surface area contributed by atoms with Crippen molar-refractivity contribution >= 4 is 27.3 Å². The maximum absolute atomic E-state index is 14.1. The van der Waals surface area contributed by atoms with Gasteiger partial charge in [-0.2, -0.15) is 0 Å². The second-order valence-electron chi connectivity index (χ2n) is 6.76. The molecule has 0 fully saturated rings. The molecule has 11 heteroatoms. The first-order chi connectivity index (χ1) is 14.7. The molecule has 3 N–H and O–H groups in total. The van der Waals surface area contributed by atoms with E-state index in [1.54, 1.807) is 35.5 Å². The minimum atomic E-state index is -4.33. The van der Waals surface area contributed by atoms with E-state index >= 15 is 0 Å². The standard InChI is InChI=1S/C20H17F2N5O3S/c1-12(28)25-20-9-13(4-6-23-20)14-8-17(18-5-7-24-27(18)11-14)26-31(29,30)19-3-2-15(21)10-16(19)22/h2-6,8-11,24,26H,7H2,1H3,(H,23,25,28). The Bertz CT molecular complexity index is 1270. The van der Waals surface area contributed by atoms with Crippen LogP contribution in [0.1, 0.15) is 12.5 Å². The highest BCUT2D eigenvalue weighted by molar-refractivity contribution is 7.89. The van der Waals surface area contributed by atoms with Gasteiger partial charge in [-0.3, -0.25) is 14.5 Å². The minimum absolute atomic E-state index is 0.198. The van der Waals surface area contributed by atoms with Crippen LogP contribution in [0.15, 0.2) is 71.2 Å². The van der Waals surface area contributed by atoms with E-state index in [0.717, 1.165) is 12.1 Å². The molecule has 2 aromatic rings. The average Bonchev–Trinajstić information content (AvgIpc) is 3.16. The van der Waals surface area contributed by atoms with Crippen LogP contribution in [0.5, 0.6) is 0 Å². The zero-order chi connectivity index (χ0) is 22.2. The molecule has 0 saturated heterocycles. The van der Waals surface area contributed by atoms with Crippen LogP contribution >= 0.6 is 0 Å². The number of anilines is 1. The SMILES string of the molecule is CC(=O)Nc1cc(C2=CN3NCC=C3C(NS(=O)(=O)c3ccc(F)cc3F)=C2)ccn1. The summed E-state index contributed by atoms with van der Waals surface area (Å²) in [6, 6.07) is 5.60. The highest BCUT2D eigenvalue weighted by Gasteiger charge is 2.28. The first-order valence-electron chi connectivity index (χ1n) is 9.11. The van der Waals surface area contributed by atoms with Gasteiger partial charge in [0.2, 0.25) is 5.91 Å². The van der Waals surface area contributed by atoms with Crippen molar-refractivity contribution in [1.82, 2.24) is 20.1 Å². The topological polar surface area (TPSA) is 103 Å². The van der Waals surface area contributed by atoms with Crippen molar-refractivity contribution in [1.29, 1.82) is 0 Å². The lowest BCUT2D eigenvalue weighted by molar-refractivity contribution is -0.114. The minimum Gasteiger partial charge on any atom is -0.311 e. The fourth-order valence-corrected chi connectivity index (χ4v) is 4.30. The lowest BCUT2D eigenvalue weighted by atomic mass is 10.0. The number of halogens is 2. The predicted octanol–water partition coefficient (Wildman–Crippen LogP) is 2.24. The largest absolute Gasteiger partial charge is 0.311 e. The zero-order valence-electron chi connectivity index (χ0n) is 16.2. The highest BCUT2D eigenvalue weighted by atomic mass is 32.2. The second kappa shape index (κ2) is 7.93. The Hall–Kier alpha value is -3.57. The van der Waals surface area contributed by atoms with E-state index in [1.165, 1.54) is 13.1 Å². The maximum Gasteiger partial charge on any atom is 0.264 e. The van der Waals surface area contributed by atoms with Crippen molar-refractivity contribution in [2.24, 2.45) is 0 Å². The molecule has 0 saturated carbocycles. The van der Waals surface area contributed by atoms with Gasteiger partial charge < -0.3 is 5.32 Å². The molecular formula is C20H17F2N5O3S. The van der Waals surface area contributed by atoms with Crippen LogP contribution in [-0.2, 0) is 14.8 Å². The smallest absolute Gasteiger partial charge is 0.264 e. The predicted molar refractivity (Wildman–Crippen MR) is 109 cm³/mol. The Kier molecular flexibility index (Phi) is 5.29. The summed E-state index contributed by atoms with van der Waals surface area (Å²) in [5, 5.41) is 4.22. The number of hydrogen-bond donors (Lipinski definition) is 3. The number of pyridine rings is 1. The molecule has 4 rings (SSSR count). The van der Waals surface area contributed by atoms with Gasteiger partial charge in [0, 0.05) is 37.5 Å². The summed E-state index contributed by atoms with van der Waals surface area (Å²) in [5.74, 6) is -2.01. The van der Waals surface area contributed by atoms with Crippen LogP contribution in [0, 0.1) is 11.6 Å². The van der Waals surface area contributed by atoms with Gasteiger partial charge in [-0.15, -0.1) is 0 Å². The zero-order valence-corrected chi connectivity index (χ0v) is 17.0. The van der Waals surface area contributed by atoms with Crippen LogP contribution in [0.25, 0.3) is 5.57 Å². The van der Waals surface area contributed by atoms with Gasteiger partial charge in [0.25, 0.3) is 10.0 Å². The van der Waals surface area contributed by atoms with E-state index in [0.29, 0.717) is 35.3 Å². The van der Waals surface area contributed by atoms with Crippen LogP contribution < -0.4 is 15.5 Å². The third-order valence-electron chi connectivity index (χ3n) is 4.49. The van der Waals surface area contributed by atoms with Crippen molar-refractivity contribution in [2.75, 3.05) is 11.9 Å². The summed E-state index contributed by atoms with van der Waals surface area (Å²) >= 11 is 0. The number of hydrogen-bond acceptors (Lipinski definition) is 6. The quantitative estimate of drug-likeness (QED) is 0.652. The monoisotopic (exact) mass is 445 g/mol.